The normalized spacial score (nSPS) is 16.8. The van der Waals surface area contributed by atoms with Crippen molar-refractivity contribution in [2.45, 2.75) is 0 Å². The molecule has 92 valence electrons. The van der Waals surface area contributed by atoms with Crippen LogP contribution in [0.15, 0.2) is 24.5 Å². The van der Waals surface area contributed by atoms with Crippen LogP contribution in [0.2, 0.25) is 0 Å². The summed E-state index contributed by atoms with van der Waals surface area (Å²) in [6.07, 6.45) is 3.41. The fourth-order valence-corrected chi connectivity index (χ4v) is 1.86. The molecule has 0 spiro atoms. The third kappa shape index (κ3) is 3.25. The summed E-state index contributed by atoms with van der Waals surface area (Å²) in [6.45, 7) is 4.28. The molecule has 1 aliphatic heterocycles. The largest absolute Gasteiger partial charge is 0.314 e. The summed E-state index contributed by atoms with van der Waals surface area (Å²) in [6, 6.07) is 3.73. The van der Waals surface area contributed by atoms with Crippen LogP contribution in [-0.2, 0) is 4.79 Å². The van der Waals surface area contributed by atoms with Gasteiger partial charge in [0.1, 0.15) is 0 Å². The van der Waals surface area contributed by atoms with E-state index in [4.69, 9.17) is 0 Å². The molecular weight excluding hydrogens is 216 g/mol. The number of likely N-dealkylation sites (N-methyl/N-ethyl adjacent to an activating group) is 1. The van der Waals surface area contributed by atoms with Crippen LogP contribution in [0.1, 0.15) is 0 Å². The van der Waals surface area contributed by atoms with Crippen LogP contribution < -0.4 is 10.2 Å². The summed E-state index contributed by atoms with van der Waals surface area (Å²) in [5, 5.41) is 3.27. The number of aromatic nitrogens is 1. The van der Waals surface area contributed by atoms with Crippen LogP contribution in [0.25, 0.3) is 0 Å². The van der Waals surface area contributed by atoms with E-state index in [2.05, 4.69) is 15.2 Å². The van der Waals surface area contributed by atoms with Gasteiger partial charge in [0.05, 0.1) is 18.4 Å². The van der Waals surface area contributed by atoms with Crippen molar-refractivity contribution in [1.82, 2.24) is 15.2 Å². The number of hydrogen-bond acceptors (Lipinski definition) is 4. The standard InChI is InChI=1S/C12H18N4O/c1-15(11-3-2-4-14-9-11)12(17)10-16-7-5-13-6-8-16/h2-4,9,13H,5-8,10H2,1H3. The number of carbonyl (C=O) groups excluding carboxylic acids is 1. The molecule has 1 aromatic heterocycles. The molecule has 5 nitrogen and oxygen atoms in total. The van der Waals surface area contributed by atoms with Crippen molar-refractivity contribution in [1.29, 1.82) is 0 Å². The average molecular weight is 234 g/mol. The molecule has 0 radical (unpaired) electrons. The third-order valence-electron chi connectivity index (χ3n) is 2.98. The van der Waals surface area contributed by atoms with Crippen molar-refractivity contribution in [3.05, 3.63) is 24.5 Å². The fraction of sp³-hybridized carbons (Fsp3) is 0.500. The lowest BCUT2D eigenvalue weighted by molar-refractivity contribution is -0.119. The SMILES string of the molecule is CN(C(=O)CN1CCNCC1)c1cccnc1. The van der Waals surface area contributed by atoms with Gasteiger partial charge in [0.2, 0.25) is 5.91 Å². The molecule has 17 heavy (non-hydrogen) atoms. The molecule has 1 aliphatic rings. The lowest BCUT2D eigenvalue weighted by atomic mass is 10.3. The predicted molar refractivity (Wildman–Crippen MR) is 67.0 cm³/mol. The first-order chi connectivity index (χ1) is 8.27. The summed E-state index contributed by atoms with van der Waals surface area (Å²) in [7, 11) is 1.79. The van der Waals surface area contributed by atoms with Gasteiger partial charge in [0.15, 0.2) is 0 Å². The van der Waals surface area contributed by atoms with E-state index in [1.165, 1.54) is 0 Å². The number of pyridine rings is 1. The van der Waals surface area contributed by atoms with Gasteiger partial charge in [-0.2, -0.15) is 0 Å². The van der Waals surface area contributed by atoms with Gasteiger partial charge in [-0.15, -0.1) is 0 Å². The van der Waals surface area contributed by atoms with E-state index in [1.54, 1.807) is 24.3 Å². The minimum Gasteiger partial charge on any atom is -0.314 e. The summed E-state index contributed by atoms with van der Waals surface area (Å²) < 4.78 is 0. The van der Waals surface area contributed by atoms with E-state index >= 15 is 0 Å². The molecule has 1 amide bonds. The number of amides is 1. The van der Waals surface area contributed by atoms with Crippen molar-refractivity contribution in [3.63, 3.8) is 0 Å². The molecule has 2 heterocycles. The number of anilines is 1. The maximum absolute atomic E-state index is 12.0. The van der Waals surface area contributed by atoms with Gasteiger partial charge in [-0.1, -0.05) is 0 Å². The zero-order valence-corrected chi connectivity index (χ0v) is 10.1. The van der Waals surface area contributed by atoms with Crippen LogP contribution in [0.4, 0.5) is 5.69 Å². The molecule has 1 saturated heterocycles. The van der Waals surface area contributed by atoms with Crippen molar-refractivity contribution < 1.29 is 4.79 Å². The van der Waals surface area contributed by atoms with Crippen molar-refractivity contribution >= 4 is 11.6 Å². The van der Waals surface area contributed by atoms with E-state index in [9.17, 15) is 4.79 Å². The Morgan fingerprint density at radius 2 is 2.29 bits per heavy atom. The summed E-state index contributed by atoms with van der Waals surface area (Å²) in [5.41, 5.74) is 0.840. The molecule has 0 saturated carbocycles. The number of hydrogen-bond donors (Lipinski definition) is 1. The van der Waals surface area contributed by atoms with E-state index in [0.717, 1.165) is 31.9 Å². The van der Waals surface area contributed by atoms with Gasteiger partial charge in [0, 0.05) is 39.4 Å². The van der Waals surface area contributed by atoms with Crippen LogP contribution in [0.5, 0.6) is 0 Å². The first-order valence-electron chi connectivity index (χ1n) is 5.87. The molecule has 0 bridgehead atoms. The van der Waals surface area contributed by atoms with Crippen LogP contribution in [0, 0.1) is 0 Å². The van der Waals surface area contributed by atoms with Gasteiger partial charge >= 0.3 is 0 Å². The number of nitrogens with zero attached hydrogens (tertiary/aromatic N) is 3. The Morgan fingerprint density at radius 3 is 2.94 bits per heavy atom. The van der Waals surface area contributed by atoms with Crippen LogP contribution >= 0.6 is 0 Å². The summed E-state index contributed by atoms with van der Waals surface area (Å²) >= 11 is 0. The van der Waals surface area contributed by atoms with Gasteiger partial charge in [-0.05, 0) is 12.1 Å². The second-order valence-corrected chi connectivity index (χ2v) is 4.19. The second kappa shape index (κ2) is 5.75. The van der Waals surface area contributed by atoms with E-state index < -0.39 is 0 Å². The average Bonchev–Trinajstić information content (AvgIpc) is 2.40. The smallest absolute Gasteiger partial charge is 0.240 e. The topological polar surface area (TPSA) is 48.5 Å². The van der Waals surface area contributed by atoms with Crippen LogP contribution in [-0.4, -0.2) is 55.6 Å². The van der Waals surface area contributed by atoms with Gasteiger partial charge in [-0.3, -0.25) is 14.7 Å². The summed E-state index contributed by atoms with van der Waals surface area (Å²) in [5.74, 6) is 0.111. The molecule has 2 rings (SSSR count). The quantitative estimate of drug-likeness (QED) is 0.796. The lowest BCUT2D eigenvalue weighted by Crippen LogP contribution is -2.47. The Morgan fingerprint density at radius 1 is 1.53 bits per heavy atom. The van der Waals surface area contributed by atoms with Gasteiger partial charge < -0.3 is 10.2 Å². The van der Waals surface area contributed by atoms with Crippen molar-refractivity contribution in [2.75, 3.05) is 44.7 Å². The third-order valence-corrected chi connectivity index (χ3v) is 2.98. The molecule has 1 aromatic rings. The van der Waals surface area contributed by atoms with Crippen molar-refractivity contribution in [2.24, 2.45) is 0 Å². The number of rotatable bonds is 3. The summed E-state index contributed by atoms with van der Waals surface area (Å²) in [4.78, 5) is 19.9. The second-order valence-electron chi connectivity index (χ2n) is 4.19. The molecule has 1 fully saturated rings. The highest BCUT2D eigenvalue weighted by Crippen LogP contribution is 2.09. The first kappa shape index (κ1) is 12.0. The highest BCUT2D eigenvalue weighted by molar-refractivity contribution is 5.94. The molecule has 0 aliphatic carbocycles. The molecule has 0 aromatic carbocycles. The van der Waals surface area contributed by atoms with Gasteiger partial charge in [0.25, 0.3) is 0 Å². The Balaban J connectivity index is 1.91. The minimum atomic E-state index is 0.111. The van der Waals surface area contributed by atoms with Crippen LogP contribution in [0.3, 0.4) is 0 Å². The fourth-order valence-electron chi connectivity index (χ4n) is 1.86. The highest BCUT2D eigenvalue weighted by Gasteiger charge is 2.17. The zero-order valence-electron chi connectivity index (χ0n) is 10.1. The number of nitrogens with one attached hydrogen (secondary N) is 1. The maximum atomic E-state index is 12.0. The lowest BCUT2D eigenvalue weighted by Gasteiger charge is -2.28. The van der Waals surface area contributed by atoms with E-state index in [1.807, 2.05) is 12.1 Å². The molecule has 5 heteroatoms. The maximum Gasteiger partial charge on any atom is 0.240 e. The van der Waals surface area contributed by atoms with Gasteiger partial charge in [-0.25, -0.2) is 0 Å². The highest BCUT2D eigenvalue weighted by atomic mass is 16.2. The number of piperazine rings is 1. The van der Waals surface area contributed by atoms with E-state index in [-0.39, 0.29) is 5.91 Å². The Hall–Kier alpha value is -1.46. The first-order valence-corrected chi connectivity index (χ1v) is 5.87. The Kier molecular flexibility index (Phi) is 4.06. The molecule has 0 unspecified atom stereocenters. The minimum absolute atomic E-state index is 0.111. The predicted octanol–water partition coefficient (Wildman–Crippen LogP) is -0.0504. The Bertz CT molecular complexity index is 362. The molecule has 1 N–H and O–H groups in total. The molecule has 0 atom stereocenters. The Labute approximate surface area is 101 Å². The zero-order chi connectivity index (χ0) is 12.1. The van der Waals surface area contributed by atoms with Crippen molar-refractivity contribution in [3.8, 4) is 0 Å². The number of carbonyl (C=O) groups is 1. The molecular formula is C12H18N4O. The monoisotopic (exact) mass is 234 g/mol. The van der Waals surface area contributed by atoms with E-state index in [0.29, 0.717) is 6.54 Å².